The second-order valence-corrected chi connectivity index (χ2v) is 4.16. The number of methoxy groups -OCH3 is 1. The molecule has 1 aromatic rings. The van der Waals surface area contributed by atoms with Gasteiger partial charge in [-0.2, -0.15) is 0 Å². The van der Waals surface area contributed by atoms with Crippen molar-refractivity contribution >= 4 is 22.6 Å². The first-order valence-corrected chi connectivity index (χ1v) is 5.46. The fourth-order valence-electron chi connectivity index (χ4n) is 1.49. The SMILES string of the molecule is COCOc1c(I)ccc2c1CCO2. The van der Waals surface area contributed by atoms with Crippen molar-refractivity contribution in [1.29, 1.82) is 0 Å². The number of rotatable bonds is 3. The molecule has 0 fully saturated rings. The summed E-state index contributed by atoms with van der Waals surface area (Å²) in [6.45, 7) is 1.03. The van der Waals surface area contributed by atoms with Crippen LogP contribution in [-0.4, -0.2) is 20.5 Å². The van der Waals surface area contributed by atoms with Gasteiger partial charge in [-0.15, -0.1) is 0 Å². The molecule has 0 radical (unpaired) electrons. The maximum atomic E-state index is 5.52. The number of benzene rings is 1. The van der Waals surface area contributed by atoms with E-state index < -0.39 is 0 Å². The Labute approximate surface area is 96.5 Å². The van der Waals surface area contributed by atoms with E-state index >= 15 is 0 Å². The molecule has 4 heteroatoms. The molecule has 1 aliphatic heterocycles. The van der Waals surface area contributed by atoms with Crippen molar-refractivity contribution in [2.45, 2.75) is 6.42 Å². The highest BCUT2D eigenvalue weighted by atomic mass is 127. The van der Waals surface area contributed by atoms with Crippen LogP contribution in [-0.2, 0) is 11.2 Å². The van der Waals surface area contributed by atoms with Crippen LogP contribution in [0.25, 0.3) is 0 Å². The lowest BCUT2D eigenvalue weighted by molar-refractivity contribution is 0.0499. The van der Waals surface area contributed by atoms with E-state index in [9.17, 15) is 0 Å². The Morgan fingerprint density at radius 3 is 3.14 bits per heavy atom. The molecule has 0 aliphatic carbocycles. The van der Waals surface area contributed by atoms with Crippen molar-refractivity contribution in [3.63, 3.8) is 0 Å². The highest BCUT2D eigenvalue weighted by Gasteiger charge is 2.19. The zero-order valence-corrected chi connectivity index (χ0v) is 10.0. The van der Waals surface area contributed by atoms with Crippen LogP contribution in [0, 0.1) is 3.57 Å². The van der Waals surface area contributed by atoms with Crippen molar-refractivity contribution in [2.75, 3.05) is 20.5 Å². The number of fused-ring (bicyclic) bond motifs is 1. The zero-order valence-electron chi connectivity index (χ0n) is 7.88. The second kappa shape index (κ2) is 4.35. The predicted molar refractivity (Wildman–Crippen MR) is 60.9 cm³/mol. The van der Waals surface area contributed by atoms with Crippen LogP contribution >= 0.6 is 22.6 Å². The summed E-state index contributed by atoms with van der Waals surface area (Å²) in [5, 5.41) is 0. The van der Waals surface area contributed by atoms with Crippen LogP contribution in [0.4, 0.5) is 0 Å². The van der Waals surface area contributed by atoms with Gasteiger partial charge in [-0.25, -0.2) is 0 Å². The van der Waals surface area contributed by atoms with Gasteiger partial charge in [0.1, 0.15) is 11.5 Å². The predicted octanol–water partition coefficient (Wildman–Crippen LogP) is 2.21. The van der Waals surface area contributed by atoms with E-state index in [1.165, 1.54) is 0 Å². The Kier molecular flexibility index (Phi) is 3.12. The number of hydrogen-bond donors (Lipinski definition) is 0. The highest BCUT2D eigenvalue weighted by Crippen LogP contribution is 2.36. The fourth-order valence-corrected chi connectivity index (χ4v) is 2.15. The lowest BCUT2D eigenvalue weighted by atomic mass is 10.1. The highest BCUT2D eigenvalue weighted by molar-refractivity contribution is 14.1. The van der Waals surface area contributed by atoms with E-state index in [0.29, 0.717) is 0 Å². The van der Waals surface area contributed by atoms with Gasteiger partial charge in [0.2, 0.25) is 0 Å². The monoisotopic (exact) mass is 306 g/mol. The van der Waals surface area contributed by atoms with Gasteiger partial charge in [0.15, 0.2) is 6.79 Å². The van der Waals surface area contributed by atoms with Gasteiger partial charge >= 0.3 is 0 Å². The lowest BCUT2D eigenvalue weighted by Crippen LogP contribution is -2.02. The number of halogens is 1. The normalized spacial score (nSPS) is 13.6. The first-order valence-electron chi connectivity index (χ1n) is 4.39. The summed E-state index contributed by atoms with van der Waals surface area (Å²) < 4.78 is 17.0. The summed E-state index contributed by atoms with van der Waals surface area (Å²) in [4.78, 5) is 0. The Hall–Kier alpha value is -0.490. The molecule has 0 saturated carbocycles. The van der Waals surface area contributed by atoms with Gasteiger partial charge < -0.3 is 14.2 Å². The maximum absolute atomic E-state index is 5.52. The quantitative estimate of drug-likeness (QED) is 0.633. The molecule has 1 aromatic carbocycles. The number of hydrogen-bond acceptors (Lipinski definition) is 3. The van der Waals surface area contributed by atoms with Crippen LogP contribution in [0.5, 0.6) is 11.5 Å². The zero-order chi connectivity index (χ0) is 9.97. The first-order chi connectivity index (χ1) is 6.83. The van der Waals surface area contributed by atoms with E-state index in [2.05, 4.69) is 22.6 Å². The molecule has 0 bridgehead atoms. The van der Waals surface area contributed by atoms with E-state index in [-0.39, 0.29) is 6.79 Å². The summed E-state index contributed by atoms with van der Waals surface area (Å²) in [6, 6.07) is 3.99. The molecule has 0 amide bonds. The summed E-state index contributed by atoms with van der Waals surface area (Å²) >= 11 is 2.26. The van der Waals surface area contributed by atoms with Crippen LogP contribution in [0.3, 0.4) is 0 Å². The molecule has 14 heavy (non-hydrogen) atoms. The second-order valence-electron chi connectivity index (χ2n) is 3.00. The van der Waals surface area contributed by atoms with E-state index in [1.54, 1.807) is 7.11 Å². The van der Waals surface area contributed by atoms with Crippen LogP contribution in [0.2, 0.25) is 0 Å². The molecule has 2 rings (SSSR count). The molecule has 0 aromatic heterocycles. The average Bonchev–Trinajstić information content (AvgIpc) is 2.64. The van der Waals surface area contributed by atoms with Crippen LogP contribution in [0.15, 0.2) is 12.1 Å². The van der Waals surface area contributed by atoms with Crippen molar-refractivity contribution in [2.24, 2.45) is 0 Å². The van der Waals surface area contributed by atoms with Crippen molar-refractivity contribution < 1.29 is 14.2 Å². The molecule has 0 atom stereocenters. The molecular weight excluding hydrogens is 295 g/mol. The molecule has 76 valence electrons. The molecule has 3 nitrogen and oxygen atoms in total. The number of ether oxygens (including phenoxy) is 3. The fraction of sp³-hybridized carbons (Fsp3) is 0.400. The Bertz CT molecular complexity index is 338. The molecule has 0 unspecified atom stereocenters. The molecule has 0 spiro atoms. The molecule has 1 heterocycles. The van der Waals surface area contributed by atoms with Crippen LogP contribution in [0.1, 0.15) is 5.56 Å². The van der Waals surface area contributed by atoms with Crippen molar-refractivity contribution in [3.05, 3.63) is 21.3 Å². The largest absolute Gasteiger partial charge is 0.493 e. The third kappa shape index (κ3) is 1.81. The summed E-state index contributed by atoms with van der Waals surface area (Å²) in [6.07, 6.45) is 0.922. The summed E-state index contributed by atoms with van der Waals surface area (Å²) in [7, 11) is 1.62. The summed E-state index contributed by atoms with van der Waals surface area (Å²) in [5.41, 5.74) is 1.16. The smallest absolute Gasteiger partial charge is 0.188 e. The van der Waals surface area contributed by atoms with Gasteiger partial charge in [-0.1, -0.05) is 0 Å². The standard InChI is InChI=1S/C10H11IO3/c1-12-6-14-10-7-4-5-13-9(7)3-2-8(10)11/h2-3H,4-6H2,1H3. The van der Waals surface area contributed by atoms with Gasteiger partial charge in [0, 0.05) is 19.1 Å². The van der Waals surface area contributed by atoms with E-state index in [4.69, 9.17) is 14.2 Å². The minimum absolute atomic E-state index is 0.284. The lowest BCUT2D eigenvalue weighted by Gasteiger charge is -2.10. The Balaban J connectivity index is 2.31. The van der Waals surface area contributed by atoms with Crippen molar-refractivity contribution in [1.82, 2.24) is 0 Å². The minimum atomic E-state index is 0.284. The topological polar surface area (TPSA) is 27.7 Å². The third-order valence-corrected chi connectivity index (χ3v) is 2.95. The minimum Gasteiger partial charge on any atom is -0.493 e. The Morgan fingerprint density at radius 2 is 2.36 bits per heavy atom. The van der Waals surface area contributed by atoms with E-state index in [1.807, 2.05) is 12.1 Å². The summed E-state index contributed by atoms with van der Waals surface area (Å²) in [5.74, 6) is 1.85. The van der Waals surface area contributed by atoms with E-state index in [0.717, 1.165) is 33.7 Å². The molecule has 0 N–H and O–H groups in total. The average molecular weight is 306 g/mol. The van der Waals surface area contributed by atoms with Crippen LogP contribution < -0.4 is 9.47 Å². The molecular formula is C10H11IO3. The Morgan fingerprint density at radius 1 is 1.50 bits per heavy atom. The van der Waals surface area contributed by atoms with Gasteiger partial charge in [0.25, 0.3) is 0 Å². The third-order valence-electron chi connectivity index (χ3n) is 2.10. The van der Waals surface area contributed by atoms with Gasteiger partial charge in [-0.05, 0) is 34.7 Å². The maximum Gasteiger partial charge on any atom is 0.188 e. The first kappa shape index (κ1) is 10.0. The molecule has 1 aliphatic rings. The molecule has 0 saturated heterocycles. The van der Waals surface area contributed by atoms with Gasteiger partial charge in [-0.3, -0.25) is 0 Å². The van der Waals surface area contributed by atoms with Gasteiger partial charge in [0.05, 0.1) is 10.2 Å². The van der Waals surface area contributed by atoms with Crippen molar-refractivity contribution in [3.8, 4) is 11.5 Å².